The largest absolute Gasteiger partial charge is 0.383 e. The van der Waals surface area contributed by atoms with E-state index in [4.69, 9.17) is 28.9 Å². The zero-order valence-corrected chi connectivity index (χ0v) is 13.3. The standard InChI is InChI=1S/C13H9Cl2N3S2/c14-8-1-2-10(15)7(5-8)6-20-13-17-11(16)9-3-4-19-12(9)18-13/h1-5H,6H2,(H2,16,17,18). The normalized spacial score (nSPS) is 11.1. The van der Waals surface area contributed by atoms with E-state index in [2.05, 4.69) is 9.97 Å². The molecule has 0 spiro atoms. The smallest absolute Gasteiger partial charge is 0.191 e. The number of anilines is 1. The van der Waals surface area contributed by atoms with Gasteiger partial charge in [-0.1, -0.05) is 35.0 Å². The highest BCUT2D eigenvalue weighted by Crippen LogP contribution is 2.30. The minimum absolute atomic E-state index is 0.510. The number of halogens is 2. The van der Waals surface area contributed by atoms with Gasteiger partial charge in [0.25, 0.3) is 0 Å². The summed E-state index contributed by atoms with van der Waals surface area (Å²) < 4.78 is 0. The molecule has 2 N–H and O–H groups in total. The van der Waals surface area contributed by atoms with Gasteiger partial charge >= 0.3 is 0 Å². The van der Waals surface area contributed by atoms with Gasteiger partial charge in [0.2, 0.25) is 0 Å². The lowest BCUT2D eigenvalue weighted by Crippen LogP contribution is -1.95. The molecule has 0 bridgehead atoms. The second-order valence-corrected chi connectivity index (χ2v) is 6.74. The number of nitrogens with two attached hydrogens (primary N) is 1. The molecule has 3 rings (SSSR count). The van der Waals surface area contributed by atoms with Crippen molar-refractivity contribution < 1.29 is 0 Å². The minimum atomic E-state index is 0.510. The summed E-state index contributed by atoms with van der Waals surface area (Å²) in [5.74, 6) is 1.16. The summed E-state index contributed by atoms with van der Waals surface area (Å²) in [6.07, 6.45) is 0. The third kappa shape index (κ3) is 2.86. The Labute approximate surface area is 134 Å². The second kappa shape index (κ2) is 5.77. The summed E-state index contributed by atoms with van der Waals surface area (Å²) in [5.41, 5.74) is 6.88. The Balaban J connectivity index is 1.84. The molecule has 20 heavy (non-hydrogen) atoms. The fraction of sp³-hybridized carbons (Fsp3) is 0.0769. The van der Waals surface area contributed by atoms with Gasteiger partial charge in [-0.25, -0.2) is 9.97 Å². The first-order valence-electron chi connectivity index (χ1n) is 5.71. The molecule has 102 valence electrons. The van der Waals surface area contributed by atoms with E-state index in [1.165, 1.54) is 11.8 Å². The summed E-state index contributed by atoms with van der Waals surface area (Å²) in [7, 11) is 0. The summed E-state index contributed by atoms with van der Waals surface area (Å²) >= 11 is 15.1. The molecule has 2 heterocycles. The zero-order valence-electron chi connectivity index (χ0n) is 10.1. The van der Waals surface area contributed by atoms with Crippen LogP contribution in [0, 0.1) is 0 Å². The number of nitrogen functional groups attached to an aromatic ring is 1. The Morgan fingerprint density at radius 1 is 1.20 bits per heavy atom. The molecule has 0 saturated heterocycles. The summed E-state index contributed by atoms with van der Waals surface area (Å²) in [6.45, 7) is 0. The topological polar surface area (TPSA) is 51.8 Å². The van der Waals surface area contributed by atoms with Crippen LogP contribution in [0.15, 0.2) is 34.8 Å². The molecule has 0 saturated carbocycles. The van der Waals surface area contributed by atoms with Gasteiger partial charge in [0.05, 0.1) is 5.39 Å². The van der Waals surface area contributed by atoms with E-state index in [0.717, 1.165) is 15.8 Å². The molecule has 0 fully saturated rings. The van der Waals surface area contributed by atoms with E-state index in [-0.39, 0.29) is 0 Å². The third-order valence-corrected chi connectivity index (χ3v) is 5.01. The first-order chi connectivity index (χ1) is 9.63. The zero-order chi connectivity index (χ0) is 14.1. The van der Waals surface area contributed by atoms with Crippen molar-refractivity contribution >= 4 is 62.3 Å². The predicted octanol–water partition coefficient (Wildman–Crippen LogP) is 4.87. The molecule has 0 atom stereocenters. The predicted molar refractivity (Wildman–Crippen MR) is 87.9 cm³/mol. The number of benzene rings is 1. The Hall–Kier alpha value is -1.01. The van der Waals surface area contributed by atoms with Gasteiger partial charge in [-0.2, -0.15) is 0 Å². The van der Waals surface area contributed by atoms with Crippen molar-refractivity contribution in [3.63, 3.8) is 0 Å². The molecule has 3 nitrogen and oxygen atoms in total. The average Bonchev–Trinajstić information content (AvgIpc) is 2.89. The third-order valence-electron chi connectivity index (χ3n) is 2.70. The van der Waals surface area contributed by atoms with Crippen molar-refractivity contribution in [2.24, 2.45) is 0 Å². The van der Waals surface area contributed by atoms with Crippen molar-refractivity contribution in [2.45, 2.75) is 10.9 Å². The Bertz CT molecular complexity index is 773. The maximum Gasteiger partial charge on any atom is 0.191 e. The number of thioether (sulfide) groups is 1. The van der Waals surface area contributed by atoms with Gasteiger partial charge in [0, 0.05) is 15.8 Å². The van der Waals surface area contributed by atoms with Crippen LogP contribution in [0.4, 0.5) is 5.82 Å². The molecule has 2 aromatic heterocycles. The minimum Gasteiger partial charge on any atom is -0.383 e. The van der Waals surface area contributed by atoms with Gasteiger partial charge in [-0.15, -0.1) is 11.3 Å². The van der Waals surface area contributed by atoms with Gasteiger partial charge in [-0.3, -0.25) is 0 Å². The highest BCUT2D eigenvalue weighted by Gasteiger charge is 2.08. The Morgan fingerprint density at radius 3 is 2.90 bits per heavy atom. The first-order valence-corrected chi connectivity index (χ1v) is 8.33. The molecule has 1 aromatic carbocycles. The van der Waals surface area contributed by atoms with E-state index >= 15 is 0 Å². The number of rotatable bonds is 3. The van der Waals surface area contributed by atoms with Gasteiger partial charge in [-0.05, 0) is 35.2 Å². The summed E-state index contributed by atoms with van der Waals surface area (Å²) in [6, 6.07) is 7.34. The quantitative estimate of drug-likeness (QED) is 0.545. The lowest BCUT2D eigenvalue weighted by Gasteiger charge is -2.05. The maximum absolute atomic E-state index is 6.14. The van der Waals surface area contributed by atoms with E-state index in [1.54, 1.807) is 23.5 Å². The number of fused-ring (bicyclic) bond motifs is 1. The van der Waals surface area contributed by atoms with Crippen LogP contribution in [0.1, 0.15) is 5.56 Å². The molecule has 0 unspecified atom stereocenters. The van der Waals surface area contributed by atoms with Crippen LogP contribution < -0.4 is 5.73 Å². The van der Waals surface area contributed by atoms with E-state index in [9.17, 15) is 0 Å². The van der Waals surface area contributed by atoms with Gasteiger partial charge < -0.3 is 5.73 Å². The van der Waals surface area contributed by atoms with E-state index in [0.29, 0.717) is 26.8 Å². The summed E-state index contributed by atoms with van der Waals surface area (Å²) in [4.78, 5) is 9.68. The monoisotopic (exact) mass is 341 g/mol. The van der Waals surface area contributed by atoms with Crippen LogP contribution in [-0.4, -0.2) is 9.97 Å². The number of hydrogen-bond acceptors (Lipinski definition) is 5. The van der Waals surface area contributed by atoms with Gasteiger partial charge in [0.1, 0.15) is 10.6 Å². The lowest BCUT2D eigenvalue weighted by atomic mass is 10.2. The van der Waals surface area contributed by atoms with E-state index < -0.39 is 0 Å². The fourth-order valence-corrected chi connectivity index (χ4v) is 3.85. The van der Waals surface area contributed by atoms with Crippen LogP contribution in [0.25, 0.3) is 10.2 Å². The first kappa shape index (κ1) is 13.9. The molecule has 0 amide bonds. The van der Waals surface area contributed by atoms with Crippen LogP contribution >= 0.6 is 46.3 Å². The van der Waals surface area contributed by atoms with E-state index in [1.807, 2.05) is 17.5 Å². The highest BCUT2D eigenvalue weighted by molar-refractivity contribution is 7.98. The molecule has 7 heteroatoms. The van der Waals surface area contributed by atoms with Crippen molar-refractivity contribution in [1.29, 1.82) is 0 Å². The SMILES string of the molecule is Nc1nc(SCc2cc(Cl)ccc2Cl)nc2sccc12. The molecule has 0 aliphatic heterocycles. The van der Waals surface area contributed by atoms with Crippen LogP contribution in [0.5, 0.6) is 0 Å². The molecule has 3 aromatic rings. The molecule has 0 radical (unpaired) electrons. The summed E-state index contributed by atoms with van der Waals surface area (Å²) in [5, 5.41) is 4.86. The van der Waals surface area contributed by atoms with Crippen molar-refractivity contribution in [3.05, 3.63) is 45.3 Å². The van der Waals surface area contributed by atoms with Gasteiger partial charge in [0.15, 0.2) is 5.16 Å². The average molecular weight is 342 g/mol. The van der Waals surface area contributed by atoms with Crippen molar-refractivity contribution in [3.8, 4) is 0 Å². The molecular weight excluding hydrogens is 333 g/mol. The number of nitrogens with zero attached hydrogens (tertiary/aromatic N) is 2. The lowest BCUT2D eigenvalue weighted by molar-refractivity contribution is 1.02. The Morgan fingerprint density at radius 2 is 2.05 bits per heavy atom. The molecule has 0 aliphatic carbocycles. The molecular formula is C13H9Cl2N3S2. The Kier molecular flexibility index (Phi) is 4.03. The second-order valence-electron chi connectivity index (χ2n) is 4.06. The molecule has 0 aliphatic rings. The highest BCUT2D eigenvalue weighted by atomic mass is 35.5. The number of aromatic nitrogens is 2. The van der Waals surface area contributed by atoms with Crippen LogP contribution in [0.2, 0.25) is 10.0 Å². The number of hydrogen-bond donors (Lipinski definition) is 1. The van der Waals surface area contributed by atoms with Crippen molar-refractivity contribution in [1.82, 2.24) is 9.97 Å². The van der Waals surface area contributed by atoms with Crippen molar-refractivity contribution in [2.75, 3.05) is 5.73 Å². The fourth-order valence-electron chi connectivity index (χ4n) is 1.72. The van der Waals surface area contributed by atoms with Crippen LogP contribution in [0.3, 0.4) is 0 Å². The maximum atomic E-state index is 6.14. The van der Waals surface area contributed by atoms with Crippen LogP contribution in [-0.2, 0) is 5.75 Å². The number of thiophene rings is 1.